The van der Waals surface area contributed by atoms with Gasteiger partial charge in [0.1, 0.15) is 10.9 Å². The van der Waals surface area contributed by atoms with Gasteiger partial charge in [-0.15, -0.1) is 0 Å². The zero-order valence-electron chi connectivity index (χ0n) is 15.8. The number of hydrogen-bond donors (Lipinski definition) is 1. The van der Waals surface area contributed by atoms with E-state index in [0.29, 0.717) is 22.9 Å². The fourth-order valence-electron chi connectivity index (χ4n) is 4.49. The van der Waals surface area contributed by atoms with Crippen molar-refractivity contribution < 1.29 is 14.6 Å². The highest BCUT2D eigenvalue weighted by Gasteiger charge is 2.38. The Kier molecular flexibility index (Phi) is 4.64. The summed E-state index contributed by atoms with van der Waals surface area (Å²) in [6.45, 7) is 0.179. The molecule has 0 spiro atoms. The summed E-state index contributed by atoms with van der Waals surface area (Å²) in [7, 11) is 0. The van der Waals surface area contributed by atoms with Crippen molar-refractivity contribution in [3.05, 3.63) is 70.5 Å². The number of carbonyl (C=O) groups excluding carboxylic acids is 1. The molecule has 2 aliphatic rings. The van der Waals surface area contributed by atoms with Crippen LogP contribution in [0.15, 0.2) is 48.7 Å². The quantitative estimate of drug-likeness (QED) is 0.660. The molecule has 1 aliphatic heterocycles. The molecule has 0 bridgehead atoms. The first-order valence-corrected chi connectivity index (χ1v) is 10.3. The van der Waals surface area contributed by atoms with Crippen LogP contribution in [0.5, 0.6) is 5.75 Å². The molecule has 1 N–H and O–H groups in total. The maximum absolute atomic E-state index is 13.3. The summed E-state index contributed by atoms with van der Waals surface area (Å²) in [4.78, 5) is 19.2. The second kappa shape index (κ2) is 7.32. The van der Waals surface area contributed by atoms with E-state index in [9.17, 15) is 9.90 Å². The van der Waals surface area contributed by atoms with Crippen molar-refractivity contribution in [2.75, 3.05) is 6.73 Å². The predicted octanol–water partition coefficient (Wildman–Crippen LogP) is 4.18. The molecule has 1 aliphatic carbocycles. The number of ether oxygens (including phenoxy) is 1. The van der Waals surface area contributed by atoms with Crippen LogP contribution in [-0.2, 0) is 6.42 Å². The Labute approximate surface area is 173 Å². The van der Waals surface area contributed by atoms with E-state index in [1.54, 1.807) is 17.2 Å². The van der Waals surface area contributed by atoms with Crippen LogP contribution >= 0.6 is 11.6 Å². The van der Waals surface area contributed by atoms with E-state index in [4.69, 9.17) is 16.3 Å². The molecular formula is C23H21ClN2O3. The number of hydrogen-bond acceptors (Lipinski definition) is 4. The van der Waals surface area contributed by atoms with Crippen LogP contribution in [0.2, 0.25) is 5.15 Å². The molecule has 148 valence electrons. The molecule has 0 unspecified atom stereocenters. The molecule has 1 saturated carbocycles. The van der Waals surface area contributed by atoms with Crippen LogP contribution in [0.1, 0.15) is 40.7 Å². The number of amides is 1. The molecule has 0 radical (unpaired) electrons. The lowest BCUT2D eigenvalue weighted by molar-refractivity contribution is 0.0132. The molecule has 0 saturated heterocycles. The van der Waals surface area contributed by atoms with Gasteiger partial charge in [0, 0.05) is 11.6 Å². The van der Waals surface area contributed by atoms with Crippen LogP contribution in [-0.4, -0.2) is 39.8 Å². The highest BCUT2D eigenvalue weighted by molar-refractivity contribution is 6.29. The van der Waals surface area contributed by atoms with Crippen LogP contribution < -0.4 is 4.74 Å². The van der Waals surface area contributed by atoms with Gasteiger partial charge < -0.3 is 9.84 Å². The van der Waals surface area contributed by atoms with Crippen molar-refractivity contribution in [1.82, 2.24) is 9.88 Å². The Hall–Kier alpha value is -2.63. The molecule has 2 atom stereocenters. The number of carbonyl (C=O) groups is 1. The average Bonchev–Trinajstić information content (AvgIpc) is 3.16. The van der Waals surface area contributed by atoms with Gasteiger partial charge >= 0.3 is 0 Å². The lowest BCUT2D eigenvalue weighted by Gasteiger charge is -2.35. The second-order valence-corrected chi connectivity index (χ2v) is 8.13. The second-order valence-electron chi connectivity index (χ2n) is 7.74. The highest BCUT2D eigenvalue weighted by atomic mass is 35.5. The number of rotatable bonds is 3. The molecule has 1 fully saturated rings. The molecule has 29 heavy (non-hydrogen) atoms. The Bertz CT molecular complexity index is 1080. The van der Waals surface area contributed by atoms with Crippen molar-refractivity contribution >= 4 is 28.3 Å². The Morgan fingerprint density at radius 1 is 1.17 bits per heavy atom. The van der Waals surface area contributed by atoms with Gasteiger partial charge in [-0.05, 0) is 54.3 Å². The minimum atomic E-state index is -0.482. The van der Waals surface area contributed by atoms with Gasteiger partial charge in [-0.1, -0.05) is 41.9 Å². The lowest BCUT2D eigenvalue weighted by atomic mass is 9.94. The van der Waals surface area contributed by atoms with Crippen molar-refractivity contribution in [2.45, 2.75) is 37.8 Å². The summed E-state index contributed by atoms with van der Waals surface area (Å²) < 4.78 is 6.07. The maximum atomic E-state index is 13.3. The van der Waals surface area contributed by atoms with Crippen LogP contribution in [0.3, 0.4) is 0 Å². The topological polar surface area (TPSA) is 62.7 Å². The maximum Gasteiger partial charge on any atom is 0.260 e. The largest absolute Gasteiger partial charge is 0.472 e. The van der Waals surface area contributed by atoms with Gasteiger partial charge in [0.15, 0.2) is 6.73 Å². The number of benzene rings is 2. The molecule has 2 heterocycles. The molecule has 5 nitrogen and oxygen atoms in total. The van der Waals surface area contributed by atoms with Gasteiger partial charge in [0.25, 0.3) is 5.91 Å². The van der Waals surface area contributed by atoms with Gasteiger partial charge in [-0.3, -0.25) is 9.69 Å². The van der Waals surface area contributed by atoms with Crippen molar-refractivity contribution in [3.63, 3.8) is 0 Å². The van der Waals surface area contributed by atoms with Crippen LogP contribution in [0.4, 0.5) is 0 Å². The number of fused-ring (bicyclic) bond motifs is 3. The van der Waals surface area contributed by atoms with E-state index in [1.165, 1.54) is 0 Å². The number of nitrogens with zero attached hydrogens (tertiary/aromatic N) is 2. The van der Waals surface area contributed by atoms with E-state index in [2.05, 4.69) is 11.1 Å². The minimum Gasteiger partial charge on any atom is -0.472 e. The van der Waals surface area contributed by atoms with Crippen molar-refractivity contribution in [3.8, 4) is 5.75 Å². The molecule has 2 aromatic carbocycles. The van der Waals surface area contributed by atoms with Crippen LogP contribution in [0.25, 0.3) is 10.8 Å². The third kappa shape index (κ3) is 3.24. The first-order chi connectivity index (χ1) is 14.1. The number of pyridine rings is 1. The normalized spacial score (nSPS) is 21.3. The predicted molar refractivity (Wildman–Crippen MR) is 111 cm³/mol. The Morgan fingerprint density at radius 3 is 2.72 bits per heavy atom. The molecule has 1 aromatic heterocycles. The van der Waals surface area contributed by atoms with E-state index in [0.717, 1.165) is 41.2 Å². The lowest BCUT2D eigenvalue weighted by Crippen LogP contribution is -2.48. The fourth-order valence-corrected chi connectivity index (χ4v) is 4.61. The van der Waals surface area contributed by atoms with E-state index in [1.807, 2.05) is 30.3 Å². The first kappa shape index (κ1) is 18.4. The molecule has 6 heteroatoms. The van der Waals surface area contributed by atoms with Crippen LogP contribution in [0, 0.1) is 0 Å². The molecule has 1 amide bonds. The summed E-state index contributed by atoms with van der Waals surface area (Å²) in [5, 5.41) is 12.7. The van der Waals surface area contributed by atoms with Gasteiger partial charge in [-0.25, -0.2) is 4.98 Å². The third-order valence-corrected chi connectivity index (χ3v) is 6.17. The summed E-state index contributed by atoms with van der Waals surface area (Å²) >= 11 is 5.92. The molecular weight excluding hydrogens is 388 g/mol. The average molecular weight is 409 g/mol. The number of aromatic nitrogens is 1. The fraction of sp³-hybridized carbons (Fsp3) is 0.304. The van der Waals surface area contributed by atoms with E-state index in [-0.39, 0.29) is 18.7 Å². The van der Waals surface area contributed by atoms with Crippen molar-refractivity contribution in [2.24, 2.45) is 0 Å². The third-order valence-electron chi connectivity index (χ3n) is 5.95. The standard InChI is InChI=1S/C23H21ClN2O3/c24-21-9-8-14(12-25-21)10-15-11-18-22(17-5-2-1-4-16(15)17)29-13-26(23(18)28)19-6-3-7-20(19)27/h1-2,4-5,8-9,11-12,19-20,27H,3,6-7,10,13H2/t19-,20-/m0/s1. The first-order valence-electron chi connectivity index (χ1n) is 9.88. The highest BCUT2D eigenvalue weighted by Crippen LogP contribution is 2.38. The smallest absolute Gasteiger partial charge is 0.260 e. The monoisotopic (exact) mass is 408 g/mol. The molecule has 3 aromatic rings. The van der Waals surface area contributed by atoms with Gasteiger partial charge in [0.2, 0.25) is 0 Å². The summed E-state index contributed by atoms with van der Waals surface area (Å²) in [6, 6.07) is 13.5. The summed E-state index contributed by atoms with van der Waals surface area (Å²) in [5.41, 5.74) is 2.62. The molecule has 5 rings (SSSR count). The Morgan fingerprint density at radius 2 is 2.00 bits per heavy atom. The number of aliphatic hydroxyl groups is 1. The summed E-state index contributed by atoms with van der Waals surface area (Å²) in [6.07, 6.45) is 4.38. The SMILES string of the molecule is O=C1c2cc(Cc3ccc(Cl)nc3)c3ccccc3c2OCN1[C@H]1CCC[C@@H]1O. The van der Waals surface area contributed by atoms with Crippen molar-refractivity contribution in [1.29, 1.82) is 0 Å². The number of aliphatic hydroxyl groups excluding tert-OH is 1. The van der Waals surface area contributed by atoms with E-state index >= 15 is 0 Å². The zero-order chi connectivity index (χ0) is 20.0. The Balaban J connectivity index is 1.59. The van der Waals surface area contributed by atoms with Gasteiger partial charge in [-0.2, -0.15) is 0 Å². The minimum absolute atomic E-state index is 0.0709. The number of halogens is 1. The van der Waals surface area contributed by atoms with E-state index < -0.39 is 6.10 Å². The zero-order valence-corrected chi connectivity index (χ0v) is 16.6. The van der Waals surface area contributed by atoms with Gasteiger partial charge in [0.05, 0.1) is 17.7 Å². The summed E-state index contributed by atoms with van der Waals surface area (Å²) in [5.74, 6) is 0.561.